The van der Waals surface area contributed by atoms with Crippen LogP contribution in [0.15, 0.2) is 30.5 Å². The topological polar surface area (TPSA) is 69.6 Å². The number of nitrogen functional groups attached to an aromatic ring is 1. The molecule has 2 aromatic heterocycles. The second-order valence-corrected chi connectivity index (χ2v) is 3.91. The Bertz CT molecular complexity index is 734. The SMILES string of the molecule is Cn1nccc1-c1nc(N)nc2c(F)cccc12. The van der Waals surface area contributed by atoms with E-state index in [-0.39, 0.29) is 11.5 Å². The van der Waals surface area contributed by atoms with Crippen LogP contribution >= 0.6 is 0 Å². The lowest BCUT2D eigenvalue weighted by atomic mass is 10.1. The van der Waals surface area contributed by atoms with Crippen molar-refractivity contribution < 1.29 is 4.39 Å². The summed E-state index contributed by atoms with van der Waals surface area (Å²) in [6.45, 7) is 0. The lowest BCUT2D eigenvalue weighted by molar-refractivity contribution is 0.636. The molecule has 0 fully saturated rings. The predicted octanol–water partition coefficient (Wildman–Crippen LogP) is 1.75. The van der Waals surface area contributed by atoms with E-state index in [4.69, 9.17) is 5.73 Å². The summed E-state index contributed by atoms with van der Waals surface area (Å²) < 4.78 is 15.4. The van der Waals surface area contributed by atoms with Crippen LogP contribution in [0.25, 0.3) is 22.3 Å². The maximum Gasteiger partial charge on any atom is 0.221 e. The highest BCUT2D eigenvalue weighted by molar-refractivity contribution is 5.92. The number of anilines is 1. The fourth-order valence-corrected chi connectivity index (χ4v) is 1.94. The van der Waals surface area contributed by atoms with E-state index in [1.165, 1.54) is 6.07 Å². The molecule has 2 heterocycles. The highest BCUT2D eigenvalue weighted by Crippen LogP contribution is 2.27. The molecule has 0 saturated carbocycles. The molecule has 6 heteroatoms. The molecule has 0 bridgehead atoms. The van der Waals surface area contributed by atoms with Crippen molar-refractivity contribution in [1.82, 2.24) is 19.7 Å². The number of halogens is 1. The van der Waals surface area contributed by atoms with Crippen molar-refractivity contribution in [3.63, 3.8) is 0 Å². The second-order valence-electron chi connectivity index (χ2n) is 3.91. The second kappa shape index (κ2) is 3.76. The fraction of sp³-hybridized carbons (Fsp3) is 0.0833. The van der Waals surface area contributed by atoms with E-state index < -0.39 is 5.82 Å². The minimum absolute atomic E-state index is 0.0452. The Kier molecular flexibility index (Phi) is 2.22. The van der Waals surface area contributed by atoms with Crippen molar-refractivity contribution in [2.75, 3.05) is 5.73 Å². The van der Waals surface area contributed by atoms with Crippen LogP contribution < -0.4 is 5.73 Å². The number of nitrogens with two attached hydrogens (primary N) is 1. The van der Waals surface area contributed by atoms with E-state index in [1.807, 2.05) is 0 Å². The van der Waals surface area contributed by atoms with Gasteiger partial charge in [-0.1, -0.05) is 12.1 Å². The highest BCUT2D eigenvalue weighted by atomic mass is 19.1. The molecule has 0 unspecified atom stereocenters. The smallest absolute Gasteiger partial charge is 0.221 e. The monoisotopic (exact) mass is 243 g/mol. The minimum Gasteiger partial charge on any atom is -0.368 e. The zero-order valence-corrected chi connectivity index (χ0v) is 9.63. The maximum absolute atomic E-state index is 13.7. The number of aryl methyl sites for hydroxylation is 1. The number of benzene rings is 1. The lowest BCUT2D eigenvalue weighted by Gasteiger charge is -2.07. The van der Waals surface area contributed by atoms with Gasteiger partial charge in [-0.15, -0.1) is 0 Å². The average molecular weight is 243 g/mol. The van der Waals surface area contributed by atoms with Gasteiger partial charge in [-0.25, -0.2) is 14.4 Å². The number of para-hydroxylation sites is 1. The standard InChI is InChI=1S/C12H10FN5/c1-18-9(5-6-15-18)11-7-3-2-4-8(13)10(7)16-12(14)17-11/h2-6H,1H3,(H2,14,16,17). The molecule has 90 valence electrons. The summed E-state index contributed by atoms with van der Waals surface area (Å²) in [5.41, 5.74) is 7.20. The summed E-state index contributed by atoms with van der Waals surface area (Å²) in [4.78, 5) is 8.12. The van der Waals surface area contributed by atoms with Gasteiger partial charge in [-0.05, 0) is 12.1 Å². The third-order valence-electron chi connectivity index (χ3n) is 2.76. The molecule has 2 N–H and O–H groups in total. The number of nitrogens with zero attached hydrogens (tertiary/aromatic N) is 4. The van der Waals surface area contributed by atoms with Gasteiger partial charge in [0.1, 0.15) is 17.0 Å². The first-order chi connectivity index (χ1) is 8.66. The predicted molar refractivity (Wildman–Crippen MR) is 66.1 cm³/mol. The van der Waals surface area contributed by atoms with Crippen LogP contribution in [0.3, 0.4) is 0 Å². The van der Waals surface area contributed by atoms with Gasteiger partial charge in [-0.3, -0.25) is 4.68 Å². The number of aromatic nitrogens is 4. The van der Waals surface area contributed by atoms with Crippen LogP contribution in [0, 0.1) is 5.82 Å². The summed E-state index contributed by atoms with van der Waals surface area (Å²) in [6, 6.07) is 6.53. The van der Waals surface area contributed by atoms with Crippen molar-refractivity contribution in [3.8, 4) is 11.4 Å². The number of hydrogen-bond acceptors (Lipinski definition) is 4. The summed E-state index contributed by atoms with van der Waals surface area (Å²) >= 11 is 0. The summed E-state index contributed by atoms with van der Waals surface area (Å²) in [6.07, 6.45) is 1.65. The highest BCUT2D eigenvalue weighted by Gasteiger charge is 2.13. The van der Waals surface area contributed by atoms with Crippen molar-refractivity contribution >= 4 is 16.9 Å². The van der Waals surface area contributed by atoms with Crippen molar-refractivity contribution in [1.29, 1.82) is 0 Å². The molecule has 0 aliphatic rings. The Morgan fingerprint density at radius 1 is 1.22 bits per heavy atom. The first-order valence-electron chi connectivity index (χ1n) is 5.37. The van der Waals surface area contributed by atoms with E-state index in [1.54, 1.807) is 36.1 Å². The Balaban J connectivity index is 2.43. The van der Waals surface area contributed by atoms with Crippen LogP contribution in [-0.4, -0.2) is 19.7 Å². The molecule has 0 aliphatic carbocycles. The Morgan fingerprint density at radius 3 is 2.78 bits per heavy atom. The molecule has 3 rings (SSSR count). The van der Waals surface area contributed by atoms with Crippen LogP contribution in [0.4, 0.5) is 10.3 Å². The quantitative estimate of drug-likeness (QED) is 0.707. The average Bonchev–Trinajstić information content (AvgIpc) is 2.76. The molecule has 18 heavy (non-hydrogen) atoms. The van der Waals surface area contributed by atoms with E-state index >= 15 is 0 Å². The van der Waals surface area contributed by atoms with Gasteiger partial charge in [-0.2, -0.15) is 5.10 Å². The van der Waals surface area contributed by atoms with Crippen molar-refractivity contribution in [3.05, 3.63) is 36.3 Å². The van der Waals surface area contributed by atoms with Gasteiger partial charge < -0.3 is 5.73 Å². The third-order valence-corrected chi connectivity index (χ3v) is 2.76. The molecule has 5 nitrogen and oxygen atoms in total. The molecule has 0 radical (unpaired) electrons. The van der Waals surface area contributed by atoms with Crippen molar-refractivity contribution in [2.45, 2.75) is 0 Å². The molecule has 0 spiro atoms. The normalized spacial score (nSPS) is 11.0. The molecule has 3 aromatic rings. The van der Waals surface area contributed by atoms with Crippen LogP contribution in [-0.2, 0) is 7.05 Å². The maximum atomic E-state index is 13.7. The van der Waals surface area contributed by atoms with Gasteiger partial charge >= 0.3 is 0 Å². The Morgan fingerprint density at radius 2 is 2.06 bits per heavy atom. The molecular formula is C12H10FN5. The van der Waals surface area contributed by atoms with Gasteiger partial charge in [0, 0.05) is 18.6 Å². The van der Waals surface area contributed by atoms with Gasteiger partial charge in [0.2, 0.25) is 5.95 Å². The van der Waals surface area contributed by atoms with Gasteiger partial charge in [0.05, 0.1) is 5.69 Å². The summed E-state index contributed by atoms with van der Waals surface area (Å²) in [5.74, 6) is -0.367. The van der Waals surface area contributed by atoms with Gasteiger partial charge in [0.25, 0.3) is 0 Å². The largest absolute Gasteiger partial charge is 0.368 e. The molecule has 0 atom stereocenters. The van der Waals surface area contributed by atoms with Crippen molar-refractivity contribution in [2.24, 2.45) is 7.05 Å². The number of hydrogen-bond donors (Lipinski definition) is 1. The lowest BCUT2D eigenvalue weighted by Crippen LogP contribution is -2.02. The van der Waals surface area contributed by atoms with Gasteiger partial charge in [0.15, 0.2) is 0 Å². The molecular weight excluding hydrogens is 233 g/mol. The molecule has 0 amide bonds. The number of rotatable bonds is 1. The van der Waals surface area contributed by atoms with Crippen LogP contribution in [0.1, 0.15) is 0 Å². The number of fused-ring (bicyclic) bond motifs is 1. The van der Waals surface area contributed by atoms with Crippen LogP contribution in [0.5, 0.6) is 0 Å². The van der Waals surface area contributed by atoms with Crippen LogP contribution in [0.2, 0.25) is 0 Å². The Hall–Kier alpha value is -2.50. The molecule has 0 saturated heterocycles. The molecule has 0 aliphatic heterocycles. The zero-order valence-electron chi connectivity index (χ0n) is 9.63. The first kappa shape index (κ1) is 10.6. The summed E-state index contributed by atoms with van der Waals surface area (Å²) in [7, 11) is 1.79. The van der Waals surface area contributed by atoms with E-state index in [0.717, 1.165) is 5.69 Å². The van der Waals surface area contributed by atoms with E-state index in [9.17, 15) is 4.39 Å². The third kappa shape index (κ3) is 1.50. The summed E-state index contributed by atoms with van der Waals surface area (Å²) in [5, 5.41) is 4.69. The fourth-order valence-electron chi connectivity index (χ4n) is 1.94. The first-order valence-corrected chi connectivity index (χ1v) is 5.37. The van der Waals surface area contributed by atoms with E-state index in [0.29, 0.717) is 11.1 Å². The Labute approximate surface area is 102 Å². The minimum atomic E-state index is -0.412. The van der Waals surface area contributed by atoms with E-state index in [2.05, 4.69) is 15.1 Å². The zero-order chi connectivity index (χ0) is 12.7. The molecule has 1 aromatic carbocycles.